The Balaban J connectivity index is 1.91. The minimum absolute atomic E-state index is 0.0145. The van der Waals surface area contributed by atoms with Crippen LogP contribution in [0.4, 0.5) is 5.69 Å². The van der Waals surface area contributed by atoms with Crippen molar-refractivity contribution in [3.8, 4) is 11.8 Å². The second kappa shape index (κ2) is 8.80. The van der Waals surface area contributed by atoms with Gasteiger partial charge in [-0.1, -0.05) is 15.9 Å². The lowest BCUT2D eigenvalue weighted by Crippen LogP contribution is -2.13. The summed E-state index contributed by atoms with van der Waals surface area (Å²) in [4.78, 5) is 23.6. The SMILES string of the molecule is Cc1cc(C=C(C#N)C(=O)Nc2ccc(Br)cc2)c(C)n1-c1ccc(C(=O)O)cc1. The molecule has 0 saturated carbocycles. The molecule has 0 radical (unpaired) electrons. The predicted octanol–water partition coefficient (Wildman–Crippen LogP) is 5.10. The fraction of sp³-hybridized carbons (Fsp3) is 0.0870. The van der Waals surface area contributed by atoms with E-state index in [0.717, 1.165) is 27.1 Å². The summed E-state index contributed by atoms with van der Waals surface area (Å²) in [5.74, 6) is -1.47. The molecule has 0 saturated heterocycles. The van der Waals surface area contributed by atoms with Gasteiger partial charge in [-0.05, 0) is 80.1 Å². The fourth-order valence-corrected chi connectivity index (χ4v) is 3.38. The van der Waals surface area contributed by atoms with E-state index in [2.05, 4.69) is 21.2 Å². The summed E-state index contributed by atoms with van der Waals surface area (Å²) in [7, 11) is 0. The van der Waals surface area contributed by atoms with Gasteiger partial charge in [0.2, 0.25) is 0 Å². The second-order valence-corrected chi connectivity index (χ2v) is 7.56. The van der Waals surface area contributed by atoms with Crippen molar-refractivity contribution in [2.45, 2.75) is 13.8 Å². The van der Waals surface area contributed by atoms with E-state index in [1.165, 1.54) is 0 Å². The van der Waals surface area contributed by atoms with Crippen molar-refractivity contribution in [1.29, 1.82) is 5.26 Å². The molecule has 0 aliphatic rings. The predicted molar refractivity (Wildman–Crippen MR) is 119 cm³/mol. The van der Waals surface area contributed by atoms with E-state index in [1.807, 2.05) is 30.6 Å². The zero-order chi connectivity index (χ0) is 21.8. The molecule has 30 heavy (non-hydrogen) atoms. The Kier molecular flexibility index (Phi) is 6.19. The summed E-state index contributed by atoms with van der Waals surface area (Å²) in [5, 5.41) is 21.3. The number of carboxylic acids is 1. The Hall–Kier alpha value is -3.63. The lowest BCUT2D eigenvalue weighted by molar-refractivity contribution is -0.112. The molecule has 0 aliphatic carbocycles. The van der Waals surface area contributed by atoms with E-state index in [1.54, 1.807) is 54.6 Å². The summed E-state index contributed by atoms with van der Waals surface area (Å²) in [6, 6.07) is 17.5. The first-order chi connectivity index (χ1) is 14.3. The Bertz CT molecular complexity index is 1180. The highest BCUT2D eigenvalue weighted by atomic mass is 79.9. The Morgan fingerprint density at radius 2 is 1.73 bits per heavy atom. The minimum Gasteiger partial charge on any atom is -0.478 e. The third-order valence-corrected chi connectivity index (χ3v) is 5.14. The molecule has 7 heteroatoms. The van der Waals surface area contributed by atoms with E-state index >= 15 is 0 Å². The maximum atomic E-state index is 12.5. The normalized spacial score (nSPS) is 11.1. The molecule has 2 N–H and O–H groups in total. The Labute approximate surface area is 182 Å². The van der Waals surface area contributed by atoms with Gasteiger partial charge in [0.25, 0.3) is 5.91 Å². The Morgan fingerprint density at radius 3 is 2.30 bits per heavy atom. The standard InChI is InChI=1S/C23H18BrN3O3/c1-14-11-17(15(2)27(14)21-9-3-16(4-10-21)23(29)30)12-18(13-25)22(28)26-20-7-5-19(24)6-8-20/h3-12H,1-2H3,(H,26,28)(H,29,30). The van der Waals surface area contributed by atoms with Crippen LogP contribution in [0.5, 0.6) is 0 Å². The van der Waals surface area contributed by atoms with Gasteiger partial charge in [0.1, 0.15) is 11.6 Å². The van der Waals surface area contributed by atoms with Gasteiger partial charge in [-0.15, -0.1) is 0 Å². The van der Waals surface area contributed by atoms with Crippen LogP contribution in [-0.4, -0.2) is 21.6 Å². The van der Waals surface area contributed by atoms with Crippen LogP contribution >= 0.6 is 15.9 Å². The topological polar surface area (TPSA) is 95.1 Å². The van der Waals surface area contributed by atoms with E-state index in [9.17, 15) is 14.9 Å². The number of hydrogen-bond acceptors (Lipinski definition) is 3. The maximum Gasteiger partial charge on any atom is 0.335 e. The second-order valence-electron chi connectivity index (χ2n) is 6.64. The van der Waals surface area contributed by atoms with Crippen LogP contribution in [0, 0.1) is 25.2 Å². The van der Waals surface area contributed by atoms with Crippen LogP contribution in [0.1, 0.15) is 27.3 Å². The first-order valence-corrected chi connectivity index (χ1v) is 9.81. The lowest BCUT2D eigenvalue weighted by atomic mass is 10.1. The number of carboxylic acid groups (broad SMARTS) is 1. The molecule has 1 heterocycles. The van der Waals surface area contributed by atoms with E-state index in [0.29, 0.717) is 5.69 Å². The van der Waals surface area contributed by atoms with Gasteiger partial charge < -0.3 is 15.0 Å². The van der Waals surface area contributed by atoms with Gasteiger partial charge in [0.05, 0.1) is 5.56 Å². The first kappa shape index (κ1) is 21.1. The third-order valence-electron chi connectivity index (χ3n) is 4.61. The molecule has 6 nitrogen and oxygen atoms in total. The van der Waals surface area contributed by atoms with Gasteiger partial charge in [-0.3, -0.25) is 4.79 Å². The molecule has 1 amide bonds. The van der Waals surface area contributed by atoms with Crippen LogP contribution in [0.25, 0.3) is 11.8 Å². The van der Waals surface area contributed by atoms with E-state index in [4.69, 9.17) is 5.11 Å². The summed E-state index contributed by atoms with van der Waals surface area (Å²) < 4.78 is 2.83. The zero-order valence-electron chi connectivity index (χ0n) is 16.3. The third kappa shape index (κ3) is 4.50. The van der Waals surface area contributed by atoms with Crippen molar-refractivity contribution in [3.05, 3.63) is 87.2 Å². The molecule has 0 spiro atoms. The lowest BCUT2D eigenvalue weighted by Gasteiger charge is -2.10. The molecule has 150 valence electrons. The maximum absolute atomic E-state index is 12.5. The number of hydrogen-bond donors (Lipinski definition) is 2. The number of carbonyl (C=O) groups excluding carboxylic acids is 1. The number of nitriles is 1. The minimum atomic E-state index is -0.985. The van der Waals surface area contributed by atoms with Crippen molar-refractivity contribution < 1.29 is 14.7 Å². The molecular weight excluding hydrogens is 446 g/mol. The van der Waals surface area contributed by atoms with Crippen LogP contribution in [0.2, 0.25) is 0 Å². The number of anilines is 1. The van der Waals surface area contributed by atoms with Gasteiger partial charge in [0, 0.05) is 27.2 Å². The number of nitrogens with zero attached hydrogens (tertiary/aromatic N) is 2. The number of aryl methyl sites for hydroxylation is 1. The van der Waals surface area contributed by atoms with Crippen molar-refractivity contribution >= 4 is 39.6 Å². The molecule has 0 fully saturated rings. The van der Waals surface area contributed by atoms with Crippen molar-refractivity contribution in [2.24, 2.45) is 0 Å². The number of aromatic carboxylic acids is 1. The first-order valence-electron chi connectivity index (χ1n) is 9.01. The molecule has 2 aromatic carbocycles. The van der Waals surface area contributed by atoms with Crippen LogP contribution < -0.4 is 5.32 Å². The average molecular weight is 464 g/mol. The van der Waals surface area contributed by atoms with Gasteiger partial charge >= 0.3 is 5.97 Å². The highest BCUT2D eigenvalue weighted by Gasteiger charge is 2.14. The summed E-state index contributed by atoms with van der Waals surface area (Å²) in [6.45, 7) is 3.79. The number of carbonyl (C=O) groups is 2. The molecule has 0 atom stereocenters. The quantitative estimate of drug-likeness (QED) is 0.406. The molecule has 0 bridgehead atoms. The monoisotopic (exact) mass is 463 g/mol. The van der Waals surface area contributed by atoms with Crippen LogP contribution in [0.3, 0.4) is 0 Å². The number of nitrogens with one attached hydrogen (secondary N) is 1. The molecular formula is C23H18BrN3O3. The summed E-state index contributed by atoms with van der Waals surface area (Å²) in [6.07, 6.45) is 1.55. The summed E-state index contributed by atoms with van der Waals surface area (Å²) >= 11 is 3.34. The average Bonchev–Trinajstić information content (AvgIpc) is 3.00. The van der Waals surface area contributed by atoms with Crippen molar-refractivity contribution in [1.82, 2.24) is 4.57 Å². The van der Waals surface area contributed by atoms with Gasteiger partial charge in [0.15, 0.2) is 0 Å². The number of halogens is 1. The number of aromatic nitrogens is 1. The zero-order valence-corrected chi connectivity index (χ0v) is 17.9. The highest BCUT2D eigenvalue weighted by molar-refractivity contribution is 9.10. The van der Waals surface area contributed by atoms with E-state index in [-0.39, 0.29) is 11.1 Å². The van der Waals surface area contributed by atoms with Crippen molar-refractivity contribution in [2.75, 3.05) is 5.32 Å². The molecule has 0 unspecified atom stereocenters. The van der Waals surface area contributed by atoms with Crippen LogP contribution in [0.15, 0.2) is 64.6 Å². The van der Waals surface area contributed by atoms with Crippen molar-refractivity contribution in [3.63, 3.8) is 0 Å². The van der Waals surface area contributed by atoms with Gasteiger partial charge in [-0.2, -0.15) is 5.26 Å². The molecule has 0 aliphatic heterocycles. The fourth-order valence-electron chi connectivity index (χ4n) is 3.12. The Morgan fingerprint density at radius 1 is 1.10 bits per heavy atom. The largest absolute Gasteiger partial charge is 0.478 e. The molecule has 3 aromatic rings. The number of rotatable bonds is 5. The number of benzene rings is 2. The summed E-state index contributed by atoms with van der Waals surface area (Å²) in [5.41, 5.74) is 4.04. The molecule has 1 aromatic heterocycles. The molecule has 3 rings (SSSR count). The van der Waals surface area contributed by atoms with Gasteiger partial charge in [-0.25, -0.2) is 4.79 Å². The smallest absolute Gasteiger partial charge is 0.335 e. The van der Waals surface area contributed by atoms with E-state index < -0.39 is 11.9 Å². The number of amides is 1. The van der Waals surface area contributed by atoms with Crippen LogP contribution in [-0.2, 0) is 4.79 Å². The highest BCUT2D eigenvalue weighted by Crippen LogP contribution is 2.24.